The Morgan fingerprint density at radius 3 is 2.38 bits per heavy atom. The quantitative estimate of drug-likeness (QED) is 0.691. The maximum absolute atomic E-state index is 9.27. The van der Waals surface area contributed by atoms with Gasteiger partial charge < -0.3 is 11.5 Å². The highest BCUT2D eigenvalue weighted by molar-refractivity contribution is 5.78. The van der Waals surface area contributed by atoms with Crippen LogP contribution in [0.25, 0.3) is 5.65 Å². The number of nitriles is 2. The number of nitrogens with zero attached hydrogens (tertiary/aromatic N) is 7. The monoisotopic (exact) mass is 317 g/mol. The van der Waals surface area contributed by atoms with Crippen LogP contribution in [0.5, 0.6) is 0 Å². The van der Waals surface area contributed by atoms with Crippen molar-refractivity contribution >= 4 is 28.7 Å². The molecule has 0 saturated carbocycles. The van der Waals surface area contributed by atoms with E-state index in [1.165, 1.54) is 0 Å². The number of aromatic nitrogens is 3. The van der Waals surface area contributed by atoms with E-state index in [9.17, 15) is 5.26 Å². The van der Waals surface area contributed by atoms with E-state index in [4.69, 9.17) is 16.7 Å². The molecule has 9 heteroatoms. The van der Waals surface area contributed by atoms with Gasteiger partial charge in [-0.1, -0.05) is 17.7 Å². The topological polar surface area (TPSA) is 155 Å². The first-order valence-electron chi connectivity index (χ1n) is 6.81. The number of benzene rings is 1. The number of nitrogen functional groups attached to an aromatic ring is 2. The van der Waals surface area contributed by atoms with Crippen molar-refractivity contribution in [2.45, 2.75) is 6.92 Å². The SMILES string of the molecule is Cc1ccc(N=Nc2c(N)nn3c(C#N)c(C#N)c(N)nc23)cc1. The van der Waals surface area contributed by atoms with Gasteiger partial charge in [-0.05, 0) is 19.1 Å². The van der Waals surface area contributed by atoms with Crippen molar-refractivity contribution in [3.05, 3.63) is 41.1 Å². The van der Waals surface area contributed by atoms with Crippen LogP contribution in [-0.2, 0) is 0 Å². The third kappa shape index (κ3) is 2.36. The third-order valence-corrected chi connectivity index (χ3v) is 3.31. The normalized spacial score (nSPS) is 10.8. The first kappa shape index (κ1) is 14.9. The average molecular weight is 317 g/mol. The lowest BCUT2D eigenvalue weighted by molar-refractivity contribution is 0.923. The molecule has 0 unspecified atom stereocenters. The number of hydrogen-bond donors (Lipinski definition) is 2. The van der Waals surface area contributed by atoms with Crippen LogP contribution in [0.15, 0.2) is 34.5 Å². The largest absolute Gasteiger partial charge is 0.382 e. The molecule has 0 aliphatic rings. The van der Waals surface area contributed by atoms with Gasteiger partial charge in [-0.15, -0.1) is 10.2 Å². The Balaban J connectivity index is 2.18. The maximum atomic E-state index is 9.27. The summed E-state index contributed by atoms with van der Waals surface area (Å²) in [4.78, 5) is 4.07. The predicted molar refractivity (Wildman–Crippen MR) is 86.6 cm³/mol. The highest BCUT2D eigenvalue weighted by atomic mass is 15.3. The van der Waals surface area contributed by atoms with Crippen LogP contribution in [0, 0.1) is 29.6 Å². The Hall–Kier alpha value is -3.98. The van der Waals surface area contributed by atoms with E-state index in [0.29, 0.717) is 5.69 Å². The van der Waals surface area contributed by atoms with Crippen molar-refractivity contribution in [1.82, 2.24) is 14.6 Å². The van der Waals surface area contributed by atoms with Crippen LogP contribution < -0.4 is 11.5 Å². The molecule has 3 aromatic rings. The number of azo groups is 1. The summed E-state index contributed by atoms with van der Waals surface area (Å²) in [6, 6.07) is 11.1. The second-order valence-electron chi connectivity index (χ2n) is 4.95. The Bertz CT molecular complexity index is 1050. The fourth-order valence-corrected chi connectivity index (χ4v) is 2.10. The second kappa shape index (κ2) is 5.66. The van der Waals surface area contributed by atoms with E-state index in [2.05, 4.69) is 20.3 Å². The van der Waals surface area contributed by atoms with Crippen molar-refractivity contribution in [2.24, 2.45) is 10.2 Å². The zero-order chi connectivity index (χ0) is 17.3. The van der Waals surface area contributed by atoms with E-state index in [-0.39, 0.29) is 34.2 Å². The fourth-order valence-electron chi connectivity index (χ4n) is 2.10. The molecule has 0 saturated heterocycles. The van der Waals surface area contributed by atoms with Crippen molar-refractivity contribution in [3.63, 3.8) is 0 Å². The highest BCUT2D eigenvalue weighted by Gasteiger charge is 2.19. The Kier molecular flexibility index (Phi) is 3.53. The molecule has 9 nitrogen and oxygen atoms in total. The van der Waals surface area contributed by atoms with Crippen molar-refractivity contribution in [3.8, 4) is 12.1 Å². The van der Waals surface area contributed by atoms with Crippen molar-refractivity contribution < 1.29 is 0 Å². The first-order chi connectivity index (χ1) is 11.5. The molecule has 0 bridgehead atoms. The van der Waals surface area contributed by atoms with Gasteiger partial charge in [-0.2, -0.15) is 20.2 Å². The van der Waals surface area contributed by atoms with Crippen LogP contribution in [-0.4, -0.2) is 14.6 Å². The summed E-state index contributed by atoms with van der Waals surface area (Å²) in [6.07, 6.45) is 0. The number of aryl methyl sites for hydroxylation is 1. The zero-order valence-electron chi connectivity index (χ0n) is 12.6. The van der Waals surface area contributed by atoms with Gasteiger partial charge in [0.1, 0.15) is 23.5 Å². The van der Waals surface area contributed by atoms with Gasteiger partial charge in [0.15, 0.2) is 22.8 Å². The summed E-state index contributed by atoms with van der Waals surface area (Å²) < 4.78 is 1.15. The molecule has 1 aromatic carbocycles. The van der Waals surface area contributed by atoms with Gasteiger partial charge in [0.25, 0.3) is 0 Å². The molecule has 0 fully saturated rings. The molecule has 4 N–H and O–H groups in total. The van der Waals surface area contributed by atoms with Crippen LogP contribution in [0.3, 0.4) is 0 Å². The van der Waals surface area contributed by atoms with Gasteiger partial charge in [-0.3, -0.25) is 0 Å². The van der Waals surface area contributed by atoms with E-state index in [1.54, 1.807) is 12.1 Å². The van der Waals surface area contributed by atoms with E-state index in [0.717, 1.165) is 10.1 Å². The van der Waals surface area contributed by atoms with Gasteiger partial charge >= 0.3 is 0 Å². The number of rotatable bonds is 2. The van der Waals surface area contributed by atoms with Crippen molar-refractivity contribution in [1.29, 1.82) is 10.5 Å². The minimum Gasteiger partial charge on any atom is -0.382 e. The van der Waals surface area contributed by atoms with Gasteiger partial charge in [-0.25, -0.2) is 4.98 Å². The molecule has 0 atom stereocenters. The standard InChI is InChI=1S/C15H11N9/c1-8-2-4-9(5-3-8)21-22-12-14(19)23-24-11(7-17)10(6-16)13(18)20-15(12)24/h2-5H,1H3,(H2,18,20)(H2,19,23). The maximum Gasteiger partial charge on any atom is 0.188 e. The minimum atomic E-state index is -0.0896. The summed E-state index contributed by atoms with van der Waals surface area (Å²) in [5, 5.41) is 30.5. The van der Waals surface area contributed by atoms with Crippen LogP contribution >= 0.6 is 0 Å². The summed E-state index contributed by atoms with van der Waals surface area (Å²) >= 11 is 0. The predicted octanol–water partition coefficient (Wildman–Crippen LogP) is 2.36. The fraction of sp³-hybridized carbons (Fsp3) is 0.0667. The molecule has 2 heterocycles. The lowest BCUT2D eigenvalue weighted by Crippen LogP contribution is -2.05. The minimum absolute atomic E-state index is 0.0318. The van der Waals surface area contributed by atoms with Crippen molar-refractivity contribution in [2.75, 3.05) is 11.5 Å². The molecule has 116 valence electrons. The third-order valence-electron chi connectivity index (χ3n) is 3.31. The Labute approximate surface area is 136 Å². The molecule has 0 aliphatic carbocycles. The molecule has 0 amide bonds. The van der Waals surface area contributed by atoms with Crippen LogP contribution in [0.4, 0.5) is 23.0 Å². The average Bonchev–Trinajstić information content (AvgIpc) is 2.88. The Morgan fingerprint density at radius 1 is 1.04 bits per heavy atom. The smallest absolute Gasteiger partial charge is 0.188 e. The lowest BCUT2D eigenvalue weighted by atomic mass is 10.2. The van der Waals surface area contributed by atoms with E-state index < -0.39 is 0 Å². The molecular formula is C15H11N9. The lowest BCUT2D eigenvalue weighted by Gasteiger charge is -2.01. The number of fused-ring (bicyclic) bond motifs is 1. The summed E-state index contributed by atoms with van der Waals surface area (Å²) in [5.41, 5.74) is 13.5. The summed E-state index contributed by atoms with van der Waals surface area (Å²) in [7, 11) is 0. The number of anilines is 2. The Morgan fingerprint density at radius 2 is 1.75 bits per heavy atom. The van der Waals surface area contributed by atoms with E-state index in [1.807, 2.05) is 31.2 Å². The molecule has 0 aliphatic heterocycles. The molecular weight excluding hydrogens is 306 g/mol. The summed E-state index contributed by atoms with van der Waals surface area (Å²) in [6.45, 7) is 1.97. The molecule has 24 heavy (non-hydrogen) atoms. The first-order valence-corrected chi connectivity index (χ1v) is 6.81. The van der Waals surface area contributed by atoms with Gasteiger partial charge in [0.05, 0.1) is 5.69 Å². The van der Waals surface area contributed by atoms with Crippen LogP contribution in [0.1, 0.15) is 16.8 Å². The molecule has 0 spiro atoms. The summed E-state index contributed by atoms with van der Waals surface area (Å²) in [5.74, 6) is -0.0578. The van der Waals surface area contributed by atoms with Gasteiger partial charge in [0, 0.05) is 0 Å². The highest BCUT2D eigenvalue weighted by Crippen LogP contribution is 2.30. The molecule has 2 aromatic heterocycles. The van der Waals surface area contributed by atoms with E-state index >= 15 is 0 Å². The second-order valence-corrected chi connectivity index (χ2v) is 4.95. The van der Waals surface area contributed by atoms with Gasteiger partial charge in [0.2, 0.25) is 0 Å². The molecule has 0 radical (unpaired) electrons. The zero-order valence-corrected chi connectivity index (χ0v) is 12.6. The number of hydrogen-bond acceptors (Lipinski definition) is 8. The number of nitrogens with two attached hydrogens (primary N) is 2. The molecule has 3 rings (SSSR count). The van der Waals surface area contributed by atoms with Crippen LogP contribution in [0.2, 0.25) is 0 Å².